The van der Waals surface area contributed by atoms with Gasteiger partial charge in [0.1, 0.15) is 0 Å². The summed E-state index contributed by atoms with van der Waals surface area (Å²) < 4.78 is 1.96. The van der Waals surface area contributed by atoms with Gasteiger partial charge in [0.2, 0.25) is 0 Å². The number of aryl methyl sites for hydroxylation is 1. The first kappa shape index (κ1) is 13.8. The van der Waals surface area contributed by atoms with E-state index < -0.39 is 0 Å². The maximum Gasteiger partial charge on any atom is 0.0674 e. The molecule has 0 aliphatic carbocycles. The fourth-order valence-corrected chi connectivity index (χ4v) is 2.25. The van der Waals surface area contributed by atoms with Crippen molar-refractivity contribution in [3.8, 4) is 5.69 Å². The van der Waals surface area contributed by atoms with Gasteiger partial charge in [-0.25, -0.2) is 4.68 Å². The van der Waals surface area contributed by atoms with Gasteiger partial charge in [-0.15, -0.1) is 0 Å². The van der Waals surface area contributed by atoms with E-state index in [4.69, 9.17) is 5.73 Å². The van der Waals surface area contributed by atoms with E-state index in [1.54, 1.807) is 0 Å². The summed E-state index contributed by atoms with van der Waals surface area (Å²) in [4.78, 5) is 0. The molecule has 0 saturated carbocycles. The molecule has 1 aromatic carbocycles. The summed E-state index contributed by atoms with van der Waals surface area (Å²) >= 11 is 0. The number of hydrogen-bond acceptors (Lipinski definition) is 2. The molecule has 0 spiro atoms. The first-order chi connectivity index (χ1) is 8.97. The quantitative estimate of drug-likeness (QED) is 0.914. The zero-order chi connectivity index (χ0) is 14.0. The monoisotopic (exact) mass is 257 g/mol. The molecular formula is C16H23N3. The van der Waals surface area contributed by atoms with Crippen LogP contribution in [0.5, 0.6) is 0 Å². The number of hydrogen-bond donors (Lipinski definition) is 1. The Labute approximate surface area is 115 Å². The number of aromatic nitrogens is 2. The summed E-state index contributed by atoms with van der Waals surface area (Å²) in [6.07, 6.45) is 2.94. The Kier molecular flexibility index (Phi) is 4.05. The van der Waals surface area contributed by atoms with Crippen LogP contribution in [0.2, 0.25) is 0 Å². The molecule has 0 radical (unpaired) electrons. The molecule has 0 aliphatic rings. The topological polar surface area (TPSA) is 43.8 Å². The molecular weight excluding hydrogens is 234 g/mol. The minimum atomic E-state index is 0.197. The number of benzene rings is 1. The molecule has 2 N–H and O–H groups in total. The third-order valence-corrected chi connectivity index (χ3v) is 3.27. The van der Waals surface area contributed by atoms with Crippen molar-refractivity contribution >= 4 is 0 Å². The standard InChI is InChI=1S/C16H23N3/c1-11(2)15-7-8-19(18-15)16-6-5-14(9-12(16)3)10-13(4)17/h5-9,11,13H,10,17H2,1-4H3. The van der Waals surface area contributed by atoms with Crippen LogP contribution < -0.4 is 5.73 Å². The second-order valence-corrected chi connectivity index (χ2v) is 5.64. The molecule has 1 unspecified atom stereocenters. The average molecular weight is 257 g/mol. The lowest BCUT2D eigenvalue weighted by molar-refractivity contribution is 0.735. The van der Waals surface area contributed by atoms with E-state index >= 15 is 0 Å². The van der Waals surface area contributed by atoms with E-state index in [0.717, 1.165) is 17.8 Å². The first-order valence-corrected chi connectivity index (χ1v) is 6.88. The predicted molar refractivity (Wildman–Crippen MR) is 79.7 cm³/mol. The molecule has 1 heterocycles. The van der Waals surface area contributed by atoms with Crippen molar-refractivity contribution in [2.45, 2.75) is 46.1 Å². The largest absolute Gasteiger partial charge is 0.328 e. The molecule has 0 bridgehead atoms. The molecule has 2 aromatic rings. The molecule has 1 atom stereocenters. The molecule has 2 rings (SSSR count). The van der Waals surface area contributed by atoms with Gasteiger partial charge in [-0.1, -0.05) is 26.0 Å². The summed E-state index contributed by atoms with van der Waals surface area (Å²) in [7, 11) is 0. The molecule has 1 aromatic heterocycles. The van der Waals surface area contributed by atoms with Gasteiger partial charge in [0, 0.05) is 12.2 Å². The van der Waals surface area contributed by atoms with Gasteiger partial charge >= 0.3 is 0 Å². The molecule has 0 saturated heterocycles. The highest BCUT2D eigenvalue weighted by Gasteiger charge is 2.08. The molecule has 3 nitrogen and oxygen atoms in total. The molecule has 0 fully saturated rings. The Morgan fingerprint density at radius 3 is 2.47 bits per heavy atom. The van der Waals surface area contributed by atoms with Gasteiger partial charge in [-0.2, -0.15) is 5.10 Å². The highest BCUT2D eigenvalue weighted by Crippen LogP contribution is 2.18. The molecule has 19 heavy (non-hydrogen) atoms. The van der Waals surface area contributed by atoms with E-state index in [0.29, 0.717) is 5.92 Å². The van der Waals surface area contributed by atoms with Crippen molar-refractivity contribution in [1.82, 2.24) is 9.78 Å². The zero-order valence-electron chi connectivity index (χ0n) is 12.2. The normalized spacial score (nSPS) is 12.9. The Morgan fingerprint density at radius 1 is 1.21 bits per heavy atom. The fourth-order valence-electron chi connectivity index (χ4n) is 2.25. The third kappa shape index (κ3) is 3.24. The zero-order valence-corrected chi connectivity index (χ0v) is 12.2. The van der Waals surface area contributed by atoms with Crippen molar-refractivity contribution in [3.63, 3.8) is 0 Å². The van der Waals surface area contributed by atoms with Crippen molar-refractivity contribution in [2.75, 3.05) is 0 Å². The Balaban J connectivity index is 2.29. The maximum absolute atomic E-state index is 5.84. The lowest BCUT2D eigenvalue weighted by Crippen LogP contribution is -2.17. The van der Waals surface area contributed by atoms with E-state index in [1.165, 1.54) is 11.1 Å². The summed E-state index contributed by atoms with van der Waals surface area (Å²) in [6, 6.07) is 8.75. The lowest BCUT2D eigenvalue weighted by atomic mass is 10.0. The van der Waals surface area contributed by atoms with Crippen LogP contribution in [0.15, 0.2) is 30.5 Å². The van der Waals surface area contributed by atoms with Gasteiger partial charge in [0.25, 0.3) is 0 Å². The highest BCUT2D eigenvalue weighted by molar-refractivity contribution is 5.42. The van der Waals surface area contributed by atoms with Gasteiger partial charge in [0.15, 0.2) is 0 Å². The van der Waals surface area contributed by atoms with Gasteiger partial charge in [-0.3, -0.25) is 0 Å². The average Bonchev–Trinajstić information content (AvgIpc) is 2.77. The van der Waals surface area contributed by atoms with Crippen molar-refractivity contribution in [3.05, 3.63) is 47.3 Å². The second-order valence-electron chi connectivity index (χ2n) is 5.64. The Morgan fingerprint density at radius 2 is 1.95 bits per heavy atom. The van der Waals surface area contributed by atoms with Crippen LogP contribution in [0.3, 0.4) is 0 Å². The molecule has 3 heteroatoms. The summed E-state index contributed by atoms with van der Waals surface area (Å²) in [5.74, 6) is 0.457. The van der Waals surface area contributed by atoms with Crippen LogP contribution in [-0.2, 0) is 6.42 Å². The van der Waals surface area contributed by atoms with Gasteiger partial charge in [-0.05, 0) is 49.4 Å². The van der Waals surface area contributed by atoms with Crippen LogP contribution in [0.25, 0.3) is 5.69 Å². The van der Waals surface area contributed by atoms with Crippen molar-refractivity contribution in [2.24, 2.45) is 5.73 Å². The lowest BCUT2D eigenvalue weighted by Gasteiger charge is -2.10. The third-order valence-electron chi connectivity index (χ3n) is 3.27. The van der Waals surface area contributed by atoms with Crippen LogP contribution in [0.4, 0.5) is 0 Å². The second kappa shape index (κ2) is 5.57. The Hall–Kier alpha value is -1.61. The molecule has 0 amide bonds. The highest BCUT2D eigenvalue weighted by atomic mass is 15.3. The number of nitrogens with two attached hydrogens (primary N) is 1. The first-order valence-electron chi connectivity index (χ1n) is 6.88. The van der Waals surface area contributed by atoms with Crippen LogP contribution in [-0.4, -0.2) is 15.8 Å². The number of rotatable bonds is 4. The summed E-state index contributed by atoms with van der Waals surface area (Å²) in [6.45, 7) is 8.47. The van der Waals surface area contributed by atoms with Crippen LogP contribution in [0.1, 0.15) is 43.5 Å². The minimum Gasteiger partial charge on any atom is -0.328 e. The SMILES string of the molecule is Cc1cc(CC(C)N)ccc1-n1ccc(C(C)C)n1. The minimum absolute atomic E-state index is 0.197. The summed E-state index contributed by atoms with van der Waals surface area (Å²) in [5.41, 5.74) is 10.6. The molecule has 102 valence electrons. The van der Waals surface area contributed by atoms with Crippen molar-refractivity contribution < 1.29 is 0 Å². The van der Waals surface area contributed by atoms with Crippen LogP contribution in [0, 0.1) is 6.92 Å². The Bertz CT molecular complexity index is 553. The predicted octanol–water partition coefficient (Wildman–Crippen LogP) is 3.19. The van der Waals surface area contributed by atoms with Crippen LogP contribution >= 0.6 is 0 Å². The van der Waals surface area contributed by atoms with E-state index in [-0.39, 0.29) is 6.04 Å². The van der Waals surface area contributed by atoms with Gasteiger partial charge in [0.05, 0.1) is 11.4 Å². The van der Waals surface area contributed by atoms with E-state index in [1.807, 2.05) is 17.8 Å². The van der Waals surface area contributed by atoms with Gasteiger partial charge < -0.3 is 5.73 Å². The number of nitrogens with zero attached hydrogens (tertiary/aromatic N) is 2. The van der Waals surface area contributed by atoms with E-state index in [2.05, 4.69) is 50.1 Å². The van der Waals surface area contributed by atoms with E-state index in [9.17, 15) is 0 Å². The fraction of sp³-hybridized carbons (Fsp3) is 0.438. The smallest absolute Gasteiger partial charge is 0.0674 e. The molecule has 0 aliphatic heterocycles. The summed E-state index contributed by atoms with van der Waals surface area (Å²) in [5, 5.41) is 4.62. The maximum atomic E-state index is 5.84. The van der Waals surface area contributed by atoms with Crippen molar-refractivity contribution in [1.29, 1.82) is 0 Å².